The maximum Gasteiger partial charge on any atom is 0.333 e. The van der Waals surface area contributed by atoms with Crippen molar-refractivity contribution in [1.29, 1.82) is 0 Å². The number of carbonyl (C=O) groups excluding carboxylic acids is 1. The maximum atomic E-state index is 11.5. The molecule has 0 aromatic heterocycles. The Bertz CT molecular complexity index is 233. The number of rotatable bonds is 9. The molecular weight excluding hydrogens is 212 g/mol. The highest BCUT2D eigenvalue weighted by Crippen LogP contribution is 2.21. The van der Waals surface area contributed by atoms with Gasteiger partial charge in [-0.3, -0.25) is 0 Å². The Morgan fingerprint density at radius 1 is 1.24 bits per heavy atom. The molecule has 0 spiro atoms. The summed E-state index contributed by atoms with van der Waals surface area (Å²) in [4.78, 5) is 11.5. The van der Waals surface area contributed by atoms with E-state index in [2.05, 4.69) is 27.4 Å². The summed E-state index contributed by atoms with van der Waals surface area (Å²) in [6.07, 6.45) is 6.85. The first-order valence-corrected chi connectivity index (χ1v) is 6.91. The summed E-state index contributed by atoms with van der Waals surface area (Å²) in [6.45, 7) is 11.8. The van der Waals surface area contributed by atoms with E-state index in [0.717, 1.165) is 12.8 Å². The molecule has 0 N–H and O–H groups in total. The minimum atomic E-state index is -0.248. The van der Waals surface area contributed by atoms with E-state index in [1.54, 1.807) is 6.92 Å². The highest BCUT2D eigenvalue weighted by Gasteiger charge is 2.17. The highest BCUT2D eigenvalue weighted by molar-refractivity contribution is 5.87. The van der Waals surface area contributed by atoms with E-state index in [0.29, 0.717) is 11.5 Å². The van der Waals surface area contributed by atoms with Crippen LogP contribution < -0.4 is 0 Å². The van der Waals surface area contributed by atoms with Gasteiger partial charge in [0.2, 0.25) is 0 Å². The first kappa shape index (κ1) is 16.2. The zero-order valence-electron chi connectivity index (χ0n) is 11.9. The second-order valence-corrected chi connectivity index (χ2v) is 4.87. The summed E-state index contributed by atoms with van der Waals surface area (Å²) in [5.74, 6) is 0.431. The third kappa shape index (κ3) is 7.19. The monoisotopic (exact) mass is 240 g/mol. The molecule has 100 valence electrons. The molecule has 0 heterocycles. The minimum Gasteiger partial charge on any atom is -0.459 e. The summed E-state index contributed by atoms with van der Waals surface area (Å²) in [5.41, 5.74) is 0.491. The van der Waals surface area contributed by atoms with Crippen molar-refractivity contribution in [3.8, 4) is 0 Å². The number of unbranched alkanes of at least 4 members (excludes halogenated alkanes) is 1. The van der Waals surface area contributed by atoms with Gasteiger partial charge in [-0.2, -0.15) is 0 Å². The topological polar surface area (TPSA) is 26.3 Å². The fraction of sp³-hybridized carbons (Fsp3) is 0.800. The van der Waals surface area contributed by atoms with Crippen LogP contribution in [-0.2, 0) is 9.53 Å². The summed E-state index contributed by atoms with van der Waals surface area (Å²) < 4.78 is 5.43. The summed E-state index contributed by atoms with van der Waals surface area (Å²) in [7, 11) is 0. The largest absolute Gasteiger partial charge is 0.459 e. The molecule has 2 unspecified atom stereocenters. The van der Waals surface area contributed by atoms with E-state index in [1.807, 2.05) is 0 Å². The van der Waals surface area contributed by atoms with Crippen LogP contribution in [0, 0.1) is 5.92 Å². The van der Waals surface area contributed by atoms with Gasteiger partial charge in [0.25, 0.3) is 0 Å². The zero-order chi connectivity index (χ0) is 13.3. The zero-order valence-corrected chi connectivity index (χ0v) is 11.9. The first-order chi connectivity index (χ1) is 8.04. The molecule has 0 aromatic carbocycles. The average Bonchev–Trinajstić information content (AvgIpc) is 2.32. The van der Waals surface area contributed by atoms with Crippen LogP contribution in [0.2, 0.25) is 0 Å². The highest BCUT2D eigenvalue weighted by atomic mass is 16.5. The number of carbonyl (C=O) groups is 1. The maximum absolute atomic E-state index is 11.5. The molecule has 2 heteroatoms. The van der Waals surface area contributed by atoms with Gasteiger partial charge in [-0.15, -0.1) is 0 Å². The van der Waals surface area contributed by atoms with Gasteiger partial charge >= 0.3 is 5.97 Å². The fourth-order valence-electron chi connectivity index (χ4n) is 1.90. The van der Waals surface area contributed by atoms with E-state index in [-0.39, 0.29) is 12.1 Å². The van der Waals surface area contributed by atoms with Crippen LogP contribution in [0.5, 0.6) is 0 Å². The van der Waals surface area contributed by atoms with Gasteiger partial charge in [0.15, 0.2) is 0 Å². The van der Waals surface area contributed by atoms with Crippen molar-refractivity contribution in [3.63, 3.8) is 0 Å². The Kier molecular flexibility index (Phi) is 8.83. The lowest BCUT2D eigenvalue weighted by atomic mass is 9.92. The van der Waals surface area contributed by atoms with Crippen LogP contribution >= 0.6 is 0 Å². The van der Waals surface area contributed by atoms with Crippen molar-refractivity contribution in [2.45, 2.75) is 72.3 Å². The Morgan fingerprint density at radius 2 is 1.88 bits per heavy atom. The van der Waals surface area contributed by atoms with Gasteiger partial charge < -0.3 is 4.74 Å². The van der Waals surface area contributed by atoms with E-state index in [9.17, 15) is 4.79 Å². The molecule has 2 atom stereocenters. The molecule has 0 radical (unpaired) electrons. The van der Waals surface area contributed by atoms with Crippen LogP contribution in [0.25, 0.3) is 0 Å². The van der Waals surface area contributed by atoms with Gasteiger partial charge in [0, 0.05) is 5.57 Å². The molecule has 2 nitrogen and oxygen atoms in total. The molecule has 0 fully saturated rings. The molecule has 0 saturated heterocycles. The van der Waals surface area contributed by atoms with Crippen molar-refractivity contribution in [3.05, 3.63) is 12.2 Å². The van der Waals surface area contributed by atoms with E-state index < -0.39 is 0 Å². The van der Waals surface area contributed by atoms with Crippen molar-refractivity contribution in [2.24, 2.45) is 5.92 Å². The summed E-state index contributed by atoms with van der Waals surface area (Å²) in [6, 6.07) is 0. The van der Waals surface area contributed by atoms with Crippen molar-refractivity contribution < 1.29 is 9.53 Å². The number of ether oxygens (including phenoxy) is 1. The molecule has 0 aliphatic heterocycles. The number of hydrogen-bond acceptors (Lipinski definition) is 2. The van der Waals surface area contributed by atoms with E-state index in [4.69, 9.17) is 4.74 Å². The number of esters is 1. The molecule has 0 aromatic rings. The Labute approximate surface area is 106 Å². The quantitative estimate of drug-likeness (QED) is 0.438. The third-order valence-electron chi connectivity index (χ3n) is 3.22. The lowest BCUT2D eigenvalue weighted by Crippen LogP contribution is -2.21. The van der Waals surface area contributed by atoms with Crippen LogP contribution in [0.3, 0.4) is 0 Å². The molecule has 0 aliphatic carbocycles. The minimum absolute atomic E-state index is 0.0565. The molecule has 17 heavy (non-hydrogen) atoms. The summed E-state index contributed by atoms with van der Waals surface area (Å²) >= 11 is 0. The van der Waals surface area contributed by atoms with Gasteiger partial charge in [-0.25, -0.2) is 4.79 Å². The van der Waals surface area contributed by atoms with Crippen molar-refractivity contribution in [1.82, 2.24) is 0 Å². The van der Waals surface area contributed by atoms with Gasteiger partial charge in [-0.05, 0) is 25.7 Å². The van der Waals surface area contributed by atoms with Gasteiger partial charge in [0.05, 0.1) is 0 Å². The SMILES string of the molecule is C=C(C)C(=O)OC(CC)CC(CC)CCCC. The van der Waals surface area contributed by atoms with Crippen LogP contribution in [0.4, 0.5) is 0 Å². The second kappa shape index (κ2) is 9.26. The summed E-state index contributed by atoms with van der Waals surface area (Å²) in [5, 5.41) is 0. The fourth-order valence-corrected chi connectivity index (χ4v) is 1.90. The van der Waals surface area contributed by atoms with Crippen molar-refractivity contribution >= 4 is 5.97 Å². The lowest BCUT2D eigenvalue weighted by molar-refractivity contribution is -0.145. The Balaban J connectivity index is 4.16. The van der Waals surface area contributed by atoms with Crippen molar-refractivity contribution in [2.75, 3.05) is 0 Å². The molecule has 0 rings (SSSR count). The Hall–Kier alpha value is -0.790. The van der Waals surface area contributed by atoms with Crippen LogP contribution in [-0.4, -0.2) is 12.1 Å². The second-order valence-electron chi connectivity index (χ2n) is 4.87. The normalized spacial score (nSPS) is 14.1. The average molecular weight is 240 g/mol. The lowest BCUT2D eigenvalue weighted by Gasteiger charge is -2.22. The van der Waals surface area contributed by atoms with Gasteiger partial charge in [0.1, 0.15) is 6.10 Å². The van der Waals surface area contributed by atoms with E-state index >= 15 is 0 Å². The smallest absolute Gasteiger partial charge is 0.333 e. The standard InChI is InChI=1S/C15H28O2/c1-6-9-10-13(7-2)11-14(8-3)17-15(16)12(4)5/h13-14H,4,6-11H2,1-3,5H3. The number of hydrogen-bond donors (Lipinski definition) is 0. The van der Waals surface area contributed by atoms with Crippen LogP contribution in [0.15, 0.2) is 12.2 Å². The van der Waals surface area contributed by atoms with Crippen LogP contribution in [0.1, 0.15) is 66.2 Å². The predicted octanol–water partition coefficient (Wildman–Crippen LogP) is 4.49. The molecular formula is C15H28O2. The molecule has 0 aliphatic rings. The Morgan fingerprint density at radius 3 is 2.29 bits per heavy atom. The molecule has 0 amide bonds. The molecule has 0 saturated carbocycles. The third-order valence-corrected chi connectivity index (χ3v) is 3.22. The van der Waals surface area contributed by atoms with Gasteiger partial charge in [-0.1, -0.05) is 53.0 Å². The first-order valence-electron chi connectivity index (χ1n) is 6.91. The predicted molar refractivity (Wildman–Crippen MR) is 72.9 cm³/mol. The molecule has 0 bridgehead atoms. The van der Waals surface area contributed by atoms with E-state index in [1.165, 1.54) is 25.7 Å².